The Hall–Kier alpha value is -0.900. The molecule has 96 valence electrons. The van der Waals surface area contributed by atoms with Crippen molar-refractivity contribution in [2.75, 3.05) is 13.7 Å². The summed E-state index contributed by atoms with van der Waals surface area (Å²) in [5.41, 5.74) is 2.28. The number of aliphatic hydroxyl groups is 1. The lowest BCUT2D eigenvalue weighted by Crippen LogP contribution is -2.23. The van der Waals surface area contributed by atoms with Crippen LogP contribution in [0, 0.1) is 12.8 Å². The third kappa shape index (κ3) is 3.80. The Morgan fingerprint density at radius 2 is 1.88 bits per heavy atom. The Morgan fingerprint density at radius 3 is 2.41 bits per heavy atom. The second-order valence-corrected chi connectivity index (χ2v) is 4.38. The van der Waals surface area contributed by atoms with Crippen molar-refractivity contribution in [1.82, 2.24) is 0 Å². The van der Waals surface area contributed by atoms with Gasteiger partial charge in [0, 0.05) is 19.6 Å². The molecule has 1 aromatic rings. The summed E-state index contributed by atoms with van der Waals surface area (Å²) in [6, 6.07) is 8.07. The maximum absolute atomic E-state index is 9.32. The van der Waals surface area contributed by atoms with E-state index in [1.54, 1.807) is 7.11 Å². The van der Waals surface area contributed by atoms with Crippen LogP contribution in [0.3, 0.4) is 0 Å². The van der Waals surface area contributed by atoms with Crippen LogP contribution >= 0.6 is 0 Å². The molecule has 0 heterocycles. The van der Waals surface area contributed by atoms with Gasteiger partial charge in [0.25, 0.3) is 0 Å². The lowest BCUT2D eigenvalue weighted by molar-refractivity contribution is -0.162. The van der Waals surface area contributed by atoms with Crippen molar-refractivity contribution >= 4 is 0 Å². The van der Waals surface area contributed by atoms with Crippen LogP contribution in [0.25, 0.3) is 0 Å². The van der Waals surface area contributed by atoms with Crippen LogP contribution in [-0.2, 0) is 9.47 Å². The molecule has 0 radical (unpaired) electrons. The van der Waals surface area contributed by atoms with E-state index in [1.165, 1.54) is 5.56 Å². The number of aliphatic hydroxyl groups excluding tert-OH is 1. The minimum Gasteiger partial charge on any atom is -0.396 e. The molecule has 0 saturated carbocycles. The molecule has 0 amide bonds. The first-order valence-electron chi connectivity index (χ1n) is 5.94. The van der Waals surface area contributed by atoms with Gasteiger partial charge in [-0.25, -0.2) is 0 Å². The number of ether oxygens (including phenoxy) is 2. The summed E-state index contributed by atoms with van der Waals surface area (Å²) in [4.78, 5) is 0. The summed E-state index contributed by atoms with van der Waals surface area (Å²) in [7, 11) is 1.61. The lowest BCUT2D eigenvalue weighted by Gasteiger charge is -2.27. The summed E-state index contributed by atoms with van der Waals surface area (Å²) in [6.07, 6.45) is -0.426. The Kier molecular flexibility index (Phi) is 5.62. The number of hydrogen-bond donors (Lipinski definition) is 1. The molecule has 1 rings (SSSR count). The van der Waals surface area contributed by atoms with Gasteiger partial charge in [-0.15, -0.1) is 0 Å². The fraction of sp³-hybridized carbons (Fsp3) is 0.571. The summed E-state index contributed by atoms with van der Waals surface area (Å²) in [5.74, 6) is 0.0358. The van der Waals surface area contributed by atoms with Crippen molar-refractivity contribution in [1.29, 1.82) is 0 Å². The predicted molar refractivity (Wildman–Crippen MR) is 67.7 cm³/mol. The summed E-state index contributed by atoms with van der Waals surface area (Å²) < 4.78 is 11.0. The highest BCUT2D eigenvalue weighted by molar-refractivity contribution is 5.28. The normalized spacial score (nSPS) is 16.5. The molecule has 0 spiro atoms. The second-order valence-electron chi connectivity index (χ2n) is 4.38. The molecule has 0 saturated heterocycles. The first kappa shape index (κ1) is 14.2. The van der Waals surface area contributed by atoms with Gasteiger partial charge >= 0.3 is 0 Å². The van der Waals surface area contributed by atoms with Crippen LogP contribution in [0.15, 0.2) is 24.3 Å². The molecule has 3 unspecified atom stereocenters. The molecule has 0 aliphatic heterocycles. The smallest absolute Gasteiger partial charge is 0.155 e. The van der Waals surface area contributed by atoms with Gasteiger partial charge in [-0.05, 0) is 25.0 Å². The van der Waals surface area contributed by atoms with Crippen LogP contribution in [0.5, 0.6) is 0 Å². The third-order valence-electron chi connectivity index (χ3n) is 2.97. The minimum atomic E-state index is -0.284. The molecule has 0 fully saturated rings. The SMILES string of the molecule is COC(C)OC(c1ccccc1C)C(C)CO. The lowest BCUT2D eigenvalue weighted by atomic mass is 9.94. The Morgan fingerprint density at radius 1 is 1.24 bits per heavy atom. The molecule has 1 N–H and O–H groups in total. The van der Waals surface area contributed by atoms with Crippen molar-refractivity contribution in [2.24, 2.45) is 5.92 Å². The van der Waals surface area contributed by atoms with E-state index in [2.05, 4.69) is 0 Å². The van der Waals surface area contributed by atoms with E-state index in [1.807, 2.05) is 45.0 Å². The fourth-order valence-electron chi connectivity index (χ4n) is 1.78. The van der Waals surface area contributed by atoms with Gasteiger partial charge in [0.05, 0.1) is 6.10 Å². The Bertz CT molecular complexity index is 338. The molecule has 1 aromatic carbocycles. The standard InChI is InChI=1S/C14H22O3/c1-10-7-5-6-8-13(10)14(11(2)9-15)17-12(3)16-4/h5-8,11-12,14-15H,9H2,1-4H3. The van der Waals surface area contributed by atoms with Crippen molar-refractivity contribution in [3.8, 4) is 0 Å². The van der Waals surface area contributed by atoms with Crippen LogP contribution in [0.4, 0.5) is 0 Å². The van der Waals surface area contributed by atoms with Gasteiger partial charge in [0.1, 0.15) is 0 Å². The molecule has 17 heavy (non-hydrogen) atoms. The molecule has 3 heteroatoms. The van der Waals surface area contributed by atoms with Gasteiger partial charge in [-0.2, -0.15) is 0 Å². The van der Waals surface area contributed by atoms with E-state index in [-0.39, 0.29) is 24.9 Å². The van der Waals surface area contributed by atoms with Gasteiger partial charge in [0.15, 0.2) is 6.29 Å². The first-order valence-corrected chi connectivity index (χ1v) is 5.94. The van der Waals surface area contributed by atoms with E-state index < -0.39 is 0 Å². The minimum absolute atomic E-state index is 0.0358. The highest BCUT2D eigenvalue weighted by atomic mass is 16.7. The quantitative estimate of drug-likeness (QED) is 0.774. The molecule has 0 aliphatic carbocycles. The highest BCUT2D eigenvalue weighted by Crippen LogP contribution is 2.29. The van der Waals surface area contributed by atoms with Crippen molar-refractivity contribution in [3.63, 3.8) is 0 Å². The Balaban J connectivity index is 2.94. The van der Waals surface area contributed by atoms with Crippen molar-refractivity contribution in [2.45, 2.75) is 33.2 Å². The zero-order valence-corrected chi connectivity index (χ0v) is 11.0. The average Bonchev–Trinajstić information content (AvgIpc) is 2.35. The van der Waals surface area contributed by atoms with E-state index in [9.17, 15) is 5.11 Å². The van der Waals surface area contributed by atoms with E-state index in [4.69, 9.17) is 9.47 Å². The maximum atomic E-state index is 9.32. The van der Waals surface area contributed by atoms with Crippen molar-refractivity contribution < 1.29 is 14.6 Å². The van der Waals surface area contributed by atoms with Crippen LogP contribution < -0.4 is 0 Å². The van der Waals surface area contributed by atoms with Crippen LogP contribution in [0.1, 0.15) is 31.1 Å². The molecule has 3 nitrogen and oxygen atoms in total. The zero-order valence-electron chi connectivity index (χ0n) is 11.0. The number of methoxy groups -OCH3 is 1. The first-order chi connectivity index (χ1) is 8.10. The van der Waals surface area contributed by atoms with Gasteiger partial charge in [0.2, 0.25) is 0 Å². The van der Waals surface area contributed by atoms with E-state index in [0.29, 0.717) is 0 Å². The number of rotatable bonds is 6. The zero-order chi connectivity index (χ0) is 12.8. The summed E-state index contributed by atoms with van der Waals surface area (Å²) in [5, 5.41) is 9.32. The maximum Gasteiger partial charge on any atom is 0.155 e. The molecular weight excluding hydrogens is 216 g/mol. The molecule has 3 atom stereocenters. The number of aryl methyl sites for hydroxylation is 1. The summed E-state index contributed by atoms with van der Waals surface area (Å²) >= 11 is 0. The van der Waals surface area contributed by atoms with Crippen LogP contribution in [-0.4, -0.2) is 25.1 Å². The van der Waals surface area contributed by atoms with Gasteiger partial charge in [-0.3, -0.25) is 0 Å². The molecule has 0 bridgehead atoms. The molecule has 0 aromatic heterocycles. The largest absolute Gasteiger partial charge is 0.396 e. The van der Waals surface area contributed by atoms with Gasteiger partial charge in [-0.1, -0.05) is 31.2 Å². The van der Waals surface area contributed by atoms with Crippen LogP contribution in [0.2, 0.25) is 0 Å². The molecular formula is C14H22O3. The third-order valence-corrected chi connectivity index (χ3v) is 2.97. The van der Waals surface area contributed by atoms with E-state index in [0.717, 1.165) is 5.56 Å². The van der Waals surface area contributed by atoms with E-state index >= 15 is 0 Å². The summed E-state index contributed by atoms with van der Waals surface area (Å²) in [6.45, 7) is 5.97. The molecule has 0 aliphatic rings. The average molecular weight is 238 g/mol. The highest BCUT2D eigenvalue weighted by Gasteiger charge is 2.23. The topological polar surface area (TPSA) is 38.7 Å². The number of benzene rings is 1. The predicted octanol–water partition coefficient (Wildman–Crippen LogP) is 2.67. The number of hydrogen-bond acceptors (Lipinski definition) is 3. The van der Waals surface area contributed by atoms with Gasteiger partial charge < -0.3 is 14.6 Å². The van der Waals surface area contributed by atoms with Crippen molar-refractivity contribution in [3.05, 3.63) is 35.4 Å². The monoisotopic (exact) mass is 238 g/mol. The Labute approximate surface area is 103 Å². The second kappa shape index (κ2) is 6.74. The fourth-order valence-corrected chi connectivity index (χ4v) is 1.78.